The minimum atomic E-state index is -5.84. The number of hydrogen-bond donors (Lipinski definition) is 6. The predicted molar refractivity (Wildman–Crippen MR) is 84.2 cm³/mol. The summed E-state index contributed by atoms with van der Waals surface area (Å²) in [5.41, 5.74) is -16.6. The molecule has 0 saturated heterocycles. The van der Waals surface area contributed by atoms with E-state index in [1.807, 2.05) is 0 Å². The van der Waals surface area contributed by atoms with Gasteiger partial charge in [-0.1, -0.05) is 6.07 Å². The fourth-order valence-corrected chi connectivity index (χ4v) is 0.519. The molecule has 1 aromatic rings. The molecule has 0 aliphatic carbocycles. The van der Waals surface area contributed by atoms with Crippen molar-refractivity contribution in [2.24, 2.45) is 0 Å². The number of benzene rings is 1. The first-order chi connectivity index (χ1) is 14.0. The second kappa shape index (κ2) is 11.7. The highest BCUT2D eigenvalue weighted by Gasteiger charge is 2.45. The number of halogens is 9. The number of aromatic hydroxyl groups is 3. The van der Waals surface area contributed by atoms with Crippen LogP contribution in [0.5, 0.6) is 17.2 Å². The molecule has 33 heavy (non-hydrogen) atoms. The van der Waals surface area contributed by atoms with Crippen molar-refractivity contribution in [3.05, 3.63) is 18.2 Å². The van der Waals surface area contributed by atoms with Gasteiger partial charge in [-0.05, 0) is 12.1 Å². The topological polar surface area (TPSA) is 224 Å². The Kier molecular flexibility index (Phi) is 12.5. The van der Waals surface area contributed by atoms with E-state index in [9.17, 15) is 39.5 Å². The van der Waals surface area contributed by atoms with Crippen LogP contribution in [0.2, 0.25) is 0 Å². The average molecular weight is 576 g/mol. The van der Waals surface area contributed by atoms with Crippen molar-refractivity contribution < 1.29 is 93.7 Å². The van der Waals surface area contributed by atoms with Crippen molar-refractivity contribution >= 4 is 30.4 Å². The van der Waals surface area contributed by atoms with E-state index >= 15 is 0 Å². The largest absolute Gasteiger partial charge is 0.522 e. The van der Waals surface area contributed by atoms with Crippen molar-refractivity contribution in [1.82, 2.24) is 0 Å². The smallest absolute Gasteiger partial charge is 0.504 e. The summed E-state index contributed by atoms with van der Waals surface area (Å²) in [7, 11) is -17.5. The van der Waals surface area contributed by atoms with Gasteiger partial charge in [0.25, 0.3) is 0 Å². The van der Waals surface area contributed by atoms with Crippen LogP contribution in [0.4, 0.5) is 39.5 Å². The second-order valence-electron chi connectivity index (χ2n) is 4.41. The normalized spacial score (nSPS) is 12.7. The molecule has 1 aromatic carbocycles. The van der Waals surface area contributed by atoms with Gasteiger partial charge in [-0.15, -0.1) is 0 Å². The monoisotopic (exact) mass is 576 g/mol. The Morgan fingerprint density at radius 3 is 0.758 bits per heavy atom. The van der Waals surface area contributed by atoms with E-state index in [0.717, 1.165) is 0 Å². The lowest BCUT2D eigenvalue weighted by Gasteiger charge is -1.97. The van der Waals surface area contributed by atoms with Gasteiger partial charge in [0.2, 0.25) is 0 Å². The molecule has 0 unspecified atom stereocenters. The van der Waals surface area contributed by atoms with Crippen LogP contribution >= 0.6 is 0 Å². The van der Waals surface area contributed by atoms with Crippen LogP contribution in [0.15, 0.2) is 18.2 Å². The van der Waals surface area contributed by atoms with Crippen LogP contribution in [0.1, 0.15) is 0 Å². The molecular weight excluding hydrogens is 567 g/mol. The maximum atomic E-state index is 10.7. The molecule has 0 spiro atoms. The molecule has 0 amide bonds. The lowest BCUT2D eigenvalue weighted by molar-refractivity contribution is -0.0514. The minimum absolute atomic E-state index is 0.310. The maximum Gasteiger partial charge on any atom is 0.522 e. The minimum Gasteiger partial charge on any atom is -0.504 e. The van der Waals surface area contributed by atoms with Gasteiger partial charge in [0.1, 0.15) is 0 Å². The van der Waals surface area contributed by atoms with Gasteiger partial charge in [0.05, 0.1) is 0 Å². The quantitative estimate of drug-likeness (QED) is 0.113. The van der Waals surface area contributed by atoms with Crippen molar-refractivity contribution in [3.63, 3.8) is 0 Å². The highest BCUT2D eigenvalue weighted by atomic mass is 32.2. The maximum absolute atomic E-state index is 10.7. The van der Waals surface area contributed by atoms with Gasteiger partial charge < -0.3 is 15.3 Å². The first-order valence-corrected chi connectivity index (χ1v) is 10.6. The molecule has 0 aliphatic heterocycles. The highest BCUT2D eigenvalue weighted by Crippen LogP contribution is 2.32. The van der Waals surface area contributed by atoms with E-state index in [1.165, 1.54) is 18.2 Å². The van der Waals surface area contributed by atoms with Crippen molar-refractivity contribution in [2.45, 2.75) is 16.5 Å². The number of alkyl halides is 9. The third kappa shape index (κ3) is 15.2. The standard InChI is InChI=1S/C6H6O3.3CHF3O3S/c7-4-2-1-3-5(8)6(4)9;3*2-1(3,4)8(5,6)7/h1-3,7-9H;3*(H,5,6,7). The summed E-state index contributed by atoms with van der Waals surface area (Å²) < 4.78 is 173. The third-order valence-corrected chi connectivity index (χ3v) is 3.63. The Labute approximate surface area is 176 Å². The van der Waals surface area contributed by atoms with Crippen LogP contribution in [0, 0.1) is 0 Å². The second-order valence-corrected chi connectivity index (χ2v) is 8.65. The summed E-state index contributed by atoms with van der Waals surface area (Å²) in [6.07, 6.45) is 0. The molecule has 12 nitrogen and oxygen atoms in total. The molecule has 24 heteroatoms. The third-order valence-electron chi connectivity index (χ3n) is 1.87. The van der Waals surface area contributed by atoms with Crippen molar-refractivity contribution in [2.75, 3.05) is 0 Å². The Morgan fingerprint density at radius 1 is 0.515 bits per heavy atom. The predicted octanol–water partition coefficient (Wildman–Crippen LogP) is 1.99. The number of phenols is 3. The molecule has 0 bridgehead atoms. The lowest BCUT2D eigenvalue weighted by atomic mass is 10.3. The van der Waals surface area contributed by atoms with Crippen molar-refractivity contribution in [1.29, 1.82) is 0 Å². The molecule has 0 aliphatic rings. The molecule has 0 aromatic heterocycles. The Balaban J connectivity index is -0.000000364. The first-order valence-electron chi connectivity index (χ1n) is 6.28. The zero-order valence-electron chi connectivity index (χ0n) is 14.5. The van der Waals surface area contributed by atoms with Crippen LogP contribution in [0.3, 0.4) is 0 Å². The van der Waals surface area contributed by atoms with E-state index < -0.39 is 52.6 Å². The average Bonchev–Trinajstić information content (AvgIpc) is 2.48. The summed E-state index contributed by atoms with van der Waals surface area (Å²) in [4.78, 5) is 0. The van der Waals surface area contributed by atoms with Crippen LogP contribution in [0.25, 0.3) is 0 Å². The molecule has 0 fully saturated rings. The number of phenolic OH excluding ortho intramolecular Hbond substituents is 3. The fourth-order valence-electron chi connectivity index (χ4n) is 0.519. The zero-order chi connectivity index (χ0) is 27.9. The SMILES string of the molecule is O=S(=O)(O)C(F)(F)F.O=S(=O)(O)C(F)(F)F.O=S(=O)(O)C(F)(F)F.Oc1cccc(O)c1O. The number of rotatable bonds is 0. The van der Waals surface area contributed by atoms with Crippen LogP contribution in [-0.4, -0.2) is 70.8 Å². The molecule has 1 rings (SSSR count). The summed E-state index contributed by atoms with van der Waals surface area (Å²) in [5.74, 6) is -1.09. The molecule has 6 N–H and O–H groups in total. The Hall–Kier alpha value is -2.28. The van der Waals surface area contributed by atoms with E-state index in [4.69, 9.17) is 54.2 Å². The van der Waals surface area contributed by atoms with Gasteiger partial charge in [-0.2, -0.15) is 64.8 Å². The summed E-state index contributed by atoms with van der Waals surface area (Å²) in [5, 5.41) is 26.1. The Morgan fingerprint density at radius 2 is 0.667 bits per heavy atom. The molecule has 0 saturated carbocycles. The number of para-hydroxylation sites is 1. The van der Waals surface area contributed by atoms with E-state index in [2.05, 4.69) is 0 Å². The fraction of sp³-hybridized carbons (Fsp3) is 0.333. The summed E-state index contributed by atoms with van der Waals surface area (Å²) in [6.45, 7) is 0. The molecule has 0 heterocycles. The molecule has 0 atom stereocenters. The van der Waals surface area contributed by atoms with Gasteiger partial charge in [-0.3, -0.25) is 13.7 Å². The molecule has 198 valence electrons. The summed E-state index contributed by atoms with van der Waals surface area (Å²) in [6, 6.07) is 4.01. The van der Waals surface area contributed by atoms with Crippen molar-refractivity contribution in [3.8, 4) is 17.2 Å². The van der Waals surface area contributed by atoms with E-state index in [0.29, 0.717) is 0 Å². The zero-order valence-corrected chi connectivity index (χ0v) is 16.9. The first kappa shape index (κ1) is 35.3. The van der Waals surface area contributed by atoms with Gasteiger partial charge in [-0.25, -0.2) is 0 Å². The van der Waals surface area contributed by atoms with Gasteiger partial charge in [0.15, 0.2) is 17.2 Å². The van der Waals surface area contributed by atoms with E-state index in [1.54, 1.807) is 0 Å². The van der Waals surface area contributed by atoms with E-state index in [-0.39, 0.29) is 11.5 Å². The lowest BCUT2D eigenvalue weighted by Crippen LogP contribution is -2.21. The van der Waals surface area contributed by atoms with Crippen LogP contribution in [-0.2, 0) is 30.4 Å². The van der Waals surface area contributed by atoms with Gasteiger partial charge >= 0.3 is 46.9 Å². The highest BCUT2D eigenvalue weighted by molar-refractivity contribution is 7.87. The molecule has 0 radical (unpaired) electrons. The number of hydrogen-bond acceptors (Lipinski definition) is 9. The van der Waals surface area contributed by atoms with Crippen LogP contribution < -0.4 is 0 Å². The Bertz CT molecular complexity index is 950. The molecular formula is C9H9F9O12S3. The van der Waals surface area contributed by atoms with Gasteiger partial charge in [0, 0.05) is 0 Å². The summed E-state index contributed by atoms with van der Waals surface area (Å²) >= 11 is 0.